The lowest BCUT2D eigenvalue weighted by Gasteiger charge is -1.92. The lowest BCUT2D eigenvalue weighted by atomic mass is 10.2. The summed E-state index contributed by atoms with van der Waals surface area (Å²) < 4.78 is 0. The van der Waals surface area contributed by atoms with E-state index in [1.165, 1.54) is 0 Å². The fourth-order valence-corrected chi connectivity index (χ4v) is 1.47. The molecule has 0 aliphatic rings. The summed E-state index contributed by atoms with van der Waals surface area (Å²) in [4.78, 5) is 0. The zero-order chi connectivity index (χ0) is 7.56. The Labute approximate surface area is 69.2 Å². The Balaban J connectivity index is 2.78. The third kappa shape index (κ3) is 1.67. The summed E-state index contributed by atoms with van der Waals surface area (Å²) in [5.74, 6) is 0.944. The lowest BCUT2D eigenvalue weighted by molar-refractivity contribution is 0.821. The maximum Gasteiger partial charge on any atom is 0.132 e. The van der Waals surface area contributed by atoms with Crippen molar-refractivity contribution in [2.45, 2.75) is 25.6 Å². The summed E-state index contributed by atoms with van der Waals surface area (Å²) >= 11 is 7.14. The summed E-state index contributed by atoms with van der Waals surface area (Å²) in [6.45, 7) is 4.19. The van der Waals surface area contributed by atoms with Crippen molar-refractivity contribution in [3.63, 3.8) is 0 Å². The predicted molar refractivity (Wildman–Crippen MR) is 43.6 cm³/mol. The highest BCUT2D eigenvalue weighted by Crippen LogP contribution is 2.19. The molecule has 0 spiro atoms. The number of alkyl halides is 1. The van der Waals surface area contributed by atoms with Crippen LogP contribution in [0.2, 0.25) is 0 Å². The Morgan fingerprint density at radius 2 is 2.20 bits per heavy atom. The molecule has 0 saturated carbocycles. The Kier molecular flexibility index (Phi) is 2.63. The minimum atomic E-state index is 0.467. The van der Waals surface area contributed by atoms with Crippen LogP contribution in [0.4, 0.5) is 0 Å². The van der Waals surface area contributed by atoms with Crippen molar-refractivity contribution in [2.75, 3.05) is 0 Å². The van der Waals surface area contributed by atoms with Crippen LogP contribution in [-0.2, 0) is 5.88 Å². The van der Waals surface area contributed by atoms with E-state index in [0.29, 0.717) is 11.8 Å². The molecule has 1 aromatic rings. The number of aromatic nitrogens is 2. The van der Waals surface area contributed by atoms with Gasteiger partial charge in [-0.2, -0.15) is 0 Å². The SMILES string of the molecule is CC(C)c1nnc(CCl)s1. The Morgan fingerprint density at radius 1 is 1.50 bits per heavy atom. The van der Waals surface area contributed by atoms with E-state index in [0.717, 1.165) is 10.0 Å². The van der Waals surface area contributed by atoms with Crippen molar-refractivity contribution in [1.29, 1.82) is 0 Å². The van der Waals surface area contributed by atoms with Gasteiger partial charge in [-0.25, -0.2) is 0 Å². The van der Waals surface area contributed by atoms with Gasteiger partial charge < -0.3 is 0 Å². The molecule has 1 heterocycles. The van der Waals surface area contributed by atoms with Crippen molar-refractivity contribution >= 4 is 22.9 Å². The monoisotopic (exact) mass is 176 g/mol. The van der Waals surface area contributed by atoms with Crippen LogP contribution in [0, 0.1) is 0 Å². The van der Waals surface area contributed by atoms with Gasteiger partial charge in [0.2, 0.25) is 0 Å². The summed E-state index contributed by atoms with van der Waals surface area (Å²) in [5, 5.41) is 9.84. The first-order valence-electron chi connectivity index (χ1n) is 3.12. The molecule has 56 valence electrons. The molecule has 0 unspecified atom stereocenters. The largest absolute Gasteiger partial charge is 0.143 e. The van der Waals surface area contributed by atoms with Crippen molar-refractivity contribution in [3.05, 3.63) is 10.0 Å². The topological polar surface area (TPSA) is 25.8 Å². The van der Waals surface area contributed by atoms with Crippen molar-refractivity contribution < 1.29 is 0 Å². The molecular formula is C6H9ClN2S. The zero-order valence-electron chi connectivity index (χ0n) is 5.97. The molecule has 0 radical (unpaired) electrons. The van der Waals surface area contributed by atoms with Crippen LogP contribution >= 0.6 is 22.9 Å². The van der Waals surface area contributed by atoms with Gasteiger partial charge in [-0.1, -0.05) is 25.2 Å². The van der Waals surface area contributed by atoms with Gasteiger partial charge in [0, 0.05) is 5.92 Å². The second-order valence-electron chi connectivity index (χ2n) is 2.32. The van der Waals surface area contributed by atoms with E-state index in [9.17, 15) is 0 Å². The third-order valence-electron chi connectivity index (χ3n) is 1.09. The average Bonchev–Trinajstić information content (AvgIpc) is 2.34. The van der Waals surface area contributed by atoms with E-state index in [1.54, 1.807) is 11.3 Å². The standard InChI is InChI=1S/C6H9ClN2S/c1-4(2)6-9-8-5(3-7)10-6/h4H,3H2,1-2H3. The van der Waals surface area contributed by atoms with Gasteiger partial charge in [0.15, 0.2) is 0 Å². The summed E-state index contributed by atoms with van der Waals surface area (Å²) in [6.07, 6.45) is 0. The number of nitrogens with zero attached hydrogens (tertiary/aromatic N) is 2. The Morgan fingerprint density at radius 3 is 2.50 bits per heavy atom. The van der Waals surface area contributed by atoms with E-state index >= 15 is 0 Å². The molecular weight excluding hydrogens is 168 g/mol. The van der Waals surface area contributed by atoms with Crippen LogP contribution < -0.4 is 0 Å². The molecule has 1 rings (SSSR count). The maximum atomic E-state index is 5.55. The van der Waals surface area contributed by atoms with Crippen LogP contribution in [0.15, 0.2) is 0 Å². The minimum absolute atomic E-state index is 0.467. The van der Waals surface area contributed by atoms with Gasteiger partial charge in [0.1, 0.15) is 10.0 Å². The smallest absolute Gasteiger partial charge is 0.132 e. The molecule has 0 bridgehead atoms. The summed E-state index contributed by atoms with van der Waals surface area (Å²) in [5.41, 5.74) is 0. The molecule has 0 aromatic carbocycles. The van der Waals surface area contributed by atoms with Crippen LogP contribution in [0.1, 0.15) is 29.8 Å². The molecule has 0 N–H and O–H groups in total. The Hall–Kier alpha value is -0.150. The first-order chi connectivity index (χ1) is 4.74. The molecule has 0 amide bonds. The number of halogens is 1. The molecule has 4 heteroatoms. The van der Waals surface area contributed by atoms with Gasteiger partial charge in [-0.15, -0.1) is 21.8 Å². The summed E-state index contributed by atoms with van der Waals surface area (Å²) in [7, 11) is 0. The average molecular weight is 177 g/mol. The normalized spacial score (nSPS) is 10.8. The second-order valence-corrected chi connectivity index (χ2v) is 3.68. The molecule has 0 aliphatic heterocycles. The first-order valence-corrected chi connectivity index (χ1v) is 4.47. The minimum Gasteiger partial charge on any atom is -0.143 e. The van der Waals surface area contributed by atoms with Crippen LogP contribution in [0.5, 0.6) is 0 Å². The Bertz CT molecular complexity index is 209. The molecule has 2 nitrogen and oxygen atoms in total. The quantitative estimate of drug-likeness (QED) is 0.647. The highest BCUT2D eigenvalue weighted by molar-refractivity contribution is 7.11. The molecule has 1 aromatic heterocycles. The van der Waals surface area contributed by atoms with Crippen LogP contribution in [0.25, 0.3) is 0 Å². The van der Waals surface area contributed by atoms with Crippen LogP contribution in [0.3, 0.4) is 0 Å². The van der Waals surface area contributed by atoms with Gasteiger partial charge in [0.25, 0.3) is 0 Å². The predicted octanol–water partition coefficient (Wildman–Crippen LogP) is 2.40. The molecule has 0 atom stereocenters. The van der Waals surface area contributed by atoms with E-state index < -0.39 is 0 Å². The first kappa shape index (κ1) is 7.95. The molecule has 0 aliphatic carbocycles. The maximum absolute atomic E-state index is 5.55. The van der Waals surface area contributed by atoms with Gasteiger partial charge in [0.05, 0.1) is 5.88 Å². The van der Waals surface area contributed by atoms with E-state index in [-0.39, 0.29) is 0 Å². The van der Waals surface area contributed by atoms with Crippen molar-refractivity contribution in [3.8, 4) is 0 Å². The molecule has 0 saturated heterocycles. The van der Waals surface area contributed by atoms with Crippen molar-refractivity contribution in [2.24, 2.45) is 0 Å². The summed E-state index contributed by atoms with van der Waals surface area (Å²) in [6, 6.07) is 0. The fourth-order valence-electron chi connectivity index (χ4n) is 0.554. The number of hydrogen-bond acceptors (Lipinski definition) is 3. The third-order valence-corrected chi connectivity index (χ3v) is 2.73. The molecule has 10 heavy (non-hydrogen) atoms. The van der Waals surface area contributed by atoms with Gasteiger partial charge in [-0.3, -0.25) is 0 Å². The lowest BCUT2D eigenvalue weighted by Crippen LogP contribution is -1.83. The van der Waals surface area contributed by atoms with Crippen molar-refractivity contribution in [1.82, 2.24) is 10.2 Å². The fraction of sp³-hybridized carbons (Fsp3) is 0.667. The van der Waals surface area contributed by atoms with Crippen LogP contribution in [-0.4, -0.2) is 10.2 Å². The number of hydrogen-bond donors (Lipinski definition) is 0. The highest BCUT2D eigenvalue weighted by atomic mass is 35.5. The van der Waals surface area contributed by atoms with E-state index in [4.69, 9.17) is 11.6 Å². The van der Waals surface area contributed by atoms with Gasteiger partial charge >= 0.3 is 0 Å². The second kappa shape index (κ2) is 3.30. The van der Waals surface area contributed by atoms with E-state index in [2.05, 4.69) is 24.0 Å². The molecule has 0 fully saturated rings. The van der Waals surface area contributed by atoms with E-state index in [1.807, 2.05) is 0 Å². The zero-order valence-corrected chi connectivity index (χ0v) is 7.54. The number of rotatable bonds is 2. The highest BCUT2D eigenvalue weighted by Gasteiger charge is 2.05. The van der Waals surface area contributed by atoms with Gasteiger partial charge in [-0.05, 0) is 0 Å².